The summed E-state index contributed by atoms with van der Waals surface area (Å²) in [5, 5.41) is 3.82. The van der Waals surface area contributed by atoms with Crippen molar-refractivity contribution in [2.75, 3.05) is 26.1 Å². The molecule has 28 heavy (non-hydrogen) atoms. The standard InChI is InChI=1S/C21H25N5O2/c1-12-11-13(2)22-18-17(12)20(26(4)5)25-19(24-18)21(27)23-14(3)15-7-9-16(28-6)10-8-15/h7-11,14H,1-6H3,(H,23,27)/t14-/m1/s1. The summed E-state index contributed by atoms with van der Waals surface area (Å²) in [6.07, 6.45) is 0. The number of hydrogen-bond donors (Lipinski definition) is 1. The van der Waals surface area contributed by atoms with Crippen LogP contribution in [0.1, 0.15) is 40.4 Å². The number of pyridine rings is 1. The number of nitrogens with zero attached hydrogens (tertiary/aromatic N) is 4. The zero-order valence-corrected chi connectivity index (χ0v) is 17.1. The van der Waals surface area contributed by atoms with Gasteiger partial charge in [0, 0.05) is 19.8 Å². The molecular weight excluding hydrogens is 354 g/mol. The second-order valence-corrected chi connectivity index (χ2v) is 7.01. The number of hydrogen-bond acceptors (Lipinski definition) is 6. The van der Waals surface area contributed by atoms with Gasteiger partial charge < -0.3 is 15.0 Å². The molecular formula is C21H25N5O2. The molecule has 2 aromatic heterocycles. The van der Waals surface area contributed by atoms with Crippen molar-refractivity contribution >= 4 is 22.8 Å². The number of carbonyl (C=O) groups excluding carboxylic acids is 1. The minimum Gasteiger partial charge on any atom is -0.497 e. The molecule has 7 nitrogen and oxygen atoms in total. The number of carbonyl (C=O) groups is 1. The molecule has 3 rings (SSSR count). The van der Waals surface area contributed by atoms with Crippen LogP contribution in [0.15, 0.2) is 30.3 Å². The summed E-state index contributed by atoms with van der Waals surface area (Å²) >= 11 is 0. The van der Waals surface area contributed by atoms with Crippen LogP contribution in [0.4, 0.5) is 5.82 Å². The first-order chi connectivity index (χ1) is 13.3. The minimum atomic E-state index is -0.339. The Morgan fingerprint density at radius 2 is 1.79 bits per heavy atom. The highest BCUT2D eigenvalue weighted by Crippen LogP contribution is 2.25. The number of methoxy groups -OCH3 is 1. The smallest absolute Gasteiger partial charge is 0.289 e. The second kappa shape index (κ2) is 7.80. The van der Waals surface area contributed by atoms with E-state index in [0.29, 0.717) is 11.5 Å². The Bertz CT molecular complexity index is 1020. The molecule has 2 heterocycles. The highest BCUT2D eigenvalue weighted by Gasteiger charge is 2.19. The zero-order chi connectivity index (χ0) is 20.4. The fourth-order valence-electron chi connectivity index (χ4n) is 3.12. The number of aryl methyl sites for hydroxylation is 2. The first-order valence-corrected chi connectivity index (χ1v) is 9.08. The van der Waals surface area contributed by atoms with Crippen LogP contribution in [0.3, 0.4) is 0 Å². The SMILES string of the molecule is COc1ccc([C@@H](C)NC(=O)c2nc(N(C)C)c3c(C)cc(C)nc3n2)cc1. The first-order valence-electron chi connectivity index (χ1n) is 9.08. The maximum Gasteiger partial charge on any atom is 0.289 e. The number of anilines is 1. The Labute approximate surface area is 164 Å². The van der Waals surface area contributed by atoms with Gasteiger partial charge in [-0.25, -0.2) is 15.0 Å². The summed E-state index contributed by atoms with van der Waals surface area (Å²) in [6.45, 7) is 5.83. The van der Waals surface area contributed by atoms with Gasteiger partial charge in [0.1, 0.15) is 11.6 Å². The van der Waals surface area contributed by atoms with Crippen LogP contribution in [0.25, 0.3) is 11.0 Å². The molecule has 0 aliphatic rings. The lowest BCUT2D eigenvalue weighted by Gasteiger charge is -2.18. The van der Waals surface area contributed by atoms with Crippen molar-refractivity contribution in [3.8, 4) is 5.75 Å². The van der Waals surface area contributed by atoms with Gasteiger partial charge in [0.05, 0.1) is 18.5 Å². The van der Waals surface area contributed by atoms with Crippen LogP contribution >= 0.6 is 0 Å². The fraction of sp³-hybridized carbons (Fsp3) is 0.333. The van der Waals surface area contributed by atoms with E-state index < -0.39 is 0 Å². The fourth-order valence-corrected chi connectivity index (χ4v) is 3.12. The van der Waals surface area contributed by atoms with E-state index in [2.05, 4.69) is 20.3 Å². The third-order valence-electron chi connectivity index (χ3n) is 4.56. The molecule has 0 bridgehead atoms. The number of aromatic nitrogens is 3. The van der Waals surface area contributed by atoms with E-state index in [1.807, 2.05) is 70.1 Å². The molecule has 1 aromatic carbocycles. The van der Waals surface area contributed by atoms with Gasteiger partial charge in [0.2, 0.25) is 5.82 Å². The molecule has 1 N–H and O–H groups in total. The van der Waals surface area contributed by atoms with Gasteiger partial charge in [-0.05, 0) is 50.1 Å². The van der Waals surface area contributed by atoms with E-state index in [4.69, 9.17) is 4.74 Å². The van der Waals surface area contributed by atoms with Gasteiger partial charge in [0.15, 0.2) is 5.65 Å². The normalized spacial score (nSPS) is 11.9. The lowest BCUT2D eigenvalue weighted by Crippen LogP contribution is -2.29. The average molecular weight is 379 g/mol. The van der Waals surface area contributed by atoms with Crippen molar-refractivity contribution in [2.45, 2.75) is 26.8 Å². The molecule has 0 fully saturated rings. The summed E-state index contributed by atoms with van der Waals surface area (Å²) in [4.78, 5) is 28.2. The number of amides is 1. The van der Waals surface area contributed by atoms with Crippen LogP contribution in [-0.4, -0.2) is 42.1 Å². The molecule has 146 valence electrons. The first kappa shape index (κ1) is 19.5. The largest absolute Gasteiger partial charge is 0.497 e. The zero-order valence-electron chi connectivity index (χ0n) is 17.1. The molecule has 0 radical (unpaired) electrons. The predicted molar refractivity (Wildman–Crippen MR) is 110 cm³/mol. The molecule has 0 spiro atoms. The summed E-state index contributed by atoms with van der Waals surface area (Å²) in [5.41, 5.74) is 3.38. The van der Waals surface area contributed by atoms with Crippen molar-refractivity contribution in [3.63, 3.8) is 0 Å². The average Bonchev–Trinajstić information content (AvgIpc) is 2.66. The van der Waals surface area contributed by atoms with Crippen LogP contribution in [0, 0.1) is 13.8 Å². The lowest BCUT2D eigenvalue weighted by atomic mass is 10.1. The number of ether oxygens (including phenoxy) is 1. The predicted octanol–water partition coefficient (Wildman–Crippen LogP) is 3.21. The molecule has 3 aromatic rings. The van der Waals surface area contributed by atoms with E-state index in [9.17, 15) is 4.79 Å². The third kappa shape index (κ3) is 3.88. The van der Waals surface area contributed by atoms with E-state index in [1.165, 1.54) is 0 Å². The molecule has 7 heteroatoms. The Balaban J connectivity index is 1.94. The Kier molecular flexibility index (Phi) is 5.44. The number of nitrogens with one attached hydrogen (secondary N) is 1. The van der Waals surface area contributed by atoms with Crippen molar-refractivity contribution < 1.29 is 9.53 Å². The molecule has 0 aliphatic carbocycles. The van der Waals surface area contributed by atoms with E-state index in [1.54, 1.807) is 7.11 Å². The summed E-state index contributed by atoms with van der Waals surface area (Å²) in [5.74, 6) is 1.22. The van der Waals surface area contributed by atoms with Gasteiger partial charge in [-0.1, -0.05) is 12.1 Å². The maximum atomic E-state index is 12.8. The summed E-state index contributed by atoms with van der Waals surface area (Å²) < 4.78 is 5.18. The molecule has 0 saturated carbocycles. The quantitative estimate of drug-likeness (QED) is 0.733. The highest BCUT2D eigenvalue weighted by molar-refractivity contribution is 5.96. The highest BCUT2D eigenvalue weighted by atomic mass is 16.5. The van der Waals surface area contributed by atoms with Gasteiger partial charge >= 0.3 is 0 Å². The number of fused-ring (bicyclic) bond motifs is 1. The van der Waals surface area contributed by atoms with Gasteiger partial charge in [-0.2, -0.15) is 0 Å². The van der Waals surface area contributed by atoms with Gasteiger partial charge in [-0.3, -0.25) is 4.79 Å². The third-order valence-corrected chi connectivity index (χ3v) is 4.56. The number of rotatable bonds is 5. The Morgan fingerprint density at radius 1 is 1.11 bits per heavy atom. The topological polar surface area (TPSA) is 80.2 Å². The van der Waals surface area contributed by atoms with Crippen molar-refractivity contribution in [3.05, 3.63) is 53.0 Å². The van der Waals surface area contributed by atoms with Crippen LogP contribution in [0.5, 0.6) is 5.75 Å². The van der Waals surface area contributed by atoms with E-state index in [-0.39, 0.29) is 17.8 Å². The van der Waals surface area contributed by atoms with E-state index in [0.717, 1.165) is 28.0 Å². The van der Waals surface area contributed by atoms with E-state index >= 15 is 0 Å². The Morgan fingerprint density at radius 3 is 2.39 bits per heavy atom. The maximum absolute atomic E-state index is 12.8. The number of benzene rings is 1. The Hall–Kier alpha value is -3.22. The lowest BCUT2D eigenvalue weighted by molar-refractivity contribution is 0.0929. The monoisotopic (exact) mass is 379 g/mol. The van der Waals surface area contributed by atoms with Gasteiger partial charge in [-0.15, -0.1) is 0 Å². The van der Waals surface area contributed by atoms with Crippen molar-refractivity contribution in [1.82, 2.24) is 20.3 Å². The van der Waals surface area contributed by atoms with Crippen LogP contribution in [0.2, 0.25) is 0 Å². The van der Waals surface area contributed by atoms with Gasteiger partial charge in [0.25, 0.3) is 5.91 Å². The molecule has 0 unspecified atom stereocenters. The second-order valence-electron chi connectivity index (χ2n) is 7.01. The van der Waals surface area contributed by atoms with Crippen LogP contribution in [-0.2, 0) is 0 Å². The molecule has 1 amide bonds. The van der Waals surface area contributed by atoms with Crippen LogP contribution < -0.4 is 15.0 Å². The van der Waals surface area contributed by atoms with Crippen molar-refractivity contribution in [1.29, 1.82) is 0 Å². The molecule has 1 atom stereocenters. The van der Waals surface area contributed by atoms with Crippen molar-refractivity contribution in [2.24, 2.45) is 0 Å². The molecule has 0 aliphatic heterocycles. The molecule has 0 saturated heterocycles. The summed E-state index contributed by atoms with van der Waals surface area (Å²) in [6, 6.07) is 9.36. The summed E-state index contributed by atoms with van der Waals surface area (Å²) in [7, 11) is 5.41. The minimum absolute atomic E-state index is 0.106.